The summed E-state index contributed by atoms with van der Waals surface area (Å²) >= 11 is 4.32. The highest BCUT2D eigenvalue weighted by Crippen LogP contribution is 2.31. The van der Waals surface area contributed by atoms with Crippen molar-refractivity contribution in [1.29, 1.82) is 0 Å². The number of hydrogen-bond donors (Lipinski definition) is 0. The van der Waals surface area contributed by atoms with E-state index in [1.165, 1.54) is 7.11 Å². The topological polar surface area (TPSA) is 90.5 Å². The number of isothiocyanates is 1. The third kappa shape index (κ3) is 1.87. The van der Waals surface area contributed by atoms with Crippen LogP contribution in [0, 0.1) is 10.1 Å². The molecule has 0 fully saturated rings. The van der Waals surface area contributed by atoms with Gasteiger partial charge in [0, 0.05) is 0 Å². The Labute approximate surface area is 83.6 Å². The molecule has 0 saturated carbocycles. The van der Waals surface area contributed by atoms with Crippen molar-refractivity contribution in [2.24, 2.45) is 4.99 Å². The van der Waals surface area contributed by atoms with E-state index in [1.807, 2.05) is 5.16 Å². The molecule has 1 heterocycles. The fourth-order valence-electron chi connectivity index (χ4n) is 0.788. The van der Waals surface area contributed by atoms with Crippen molar-refractivity contribution in [2.75, 3.05) is 7.11 Å². The molecule has 72 valence electrons. The molecule has 0 amide bonds. The minimum absolute atomic E-state index is 0.158. The van der Waals surface area contributed by atoms with Crippen LogP contribution in [0.2, 0.25) is 0 Å². The number of hydrogen-bond acceptors (Lipinski definition) is 7. The van der Waals surface area contributed by atoms with Gasteiger partial charge in [0.2, 0.25) is 5.82 Å². The molecule has 0 unspecified atom stereocenters. The lowest BCUT2D eigenvalue weighted by atomic mass is 10.4. The van der Waals surface area contributed by atoms with Crippen LogP contribution in [0.1, 0.15) is 0 Å². The summed E-state index contributed by atoms with van der Waals surface area (Å²) < 4.78 is 4.68. The quantitative estimate of drug-likeness (QED) is 0.323. The second-order valence-electron chi connectivity index (χ2n) is 2.02. The Morgan fingerprint density at radius 1 is 1.71 bits per heavy atom. The van der Waals surface area contributed by atoms with E-state index in [2.05, 4.69) is 31.9 Å². The van der Waals surface area contributed by atoms with Gasteiger partial charge in [-0.1, -0.05) is 0 Å². The first kappa shape index (κ1) is 10.2. The molecule has 1 aromatic heterocycles. The maximum Gasteiger partial charge on any atom is 0.375 e. The normalized spacial score (nSPS) is 8.93. The van der Waals surface area contributed by atoms with Crippen LogP contribution in [0.25, 0.3) is 0 Å². The summed E-state index contributed by atoms with van der Waals surface area (Å²) in [5.74, 6) is -0.328. The molecule has 0 bridgehead atoms. The van der Waals surface area contributed by atoms with E-state index in [9.17, 15) is 10.1 Å². The zero-order valence-electron chi connectivity index (χ0n) is 7.00. The second-order valence-corrected chi connectivity index (χ2v) is 2.20. The van der Waals surface area contributed by atoms with E-state index in [-0.39, 0.29) is 11.7 Å². The highest BCUT2D eigenvalue weighted by Gasteiger charge is 2.23. The van der Waals surface area contributed by atoms with Crippen molar-refractivity contribution in [3.8, 4) is 5.88 Å². The Balaban J connectivity index is 3.42. The van der Waals surface area contributed by atoms with Crippen molar-refractivity contribution < 1.29 is 9.66 Å². The van der Waals surface area contributed by atoms with Gasteiger partial charge in [-0.2, -0.15) is 9.98 Å². The molecule has 1 aromatic rings. The van der Waals surface area contributed by atoms with E-state index in [4.69, 9.17) is 0 Å². The standard InChI is InChI=1S/C6H4N4O3S/c1-13-6-4(10(11)12)5(9-3-14)7-2-8-6/h2H,1H3. The summed E-state index contributed by atoms with van der Waals surface area (Å²) in [6.45, 7) is 0. The van der Waals surface area contributed by atoms with Crippen LogP contribution < -0.4 is 4.74 Å². The SMILES string of the molecule is COc1ncnc(N=C=S)c1[N+](=O)[O-]. The third-order valence-corrected chi connectivity index (χ3v) is 1.39. The lowest BCUT2D eigenvalue weighted by Gasteiger charge is -1.99. The average molecular weight is 212 g/mol. The molecule has 1 rings (SSSR count). The highest BCUT2D eigenvalue weighted by atomic mass is 32.1. The number of nitrogens with zero attached hydrogens (tertiary/aromatic N) is 4. The van der Waals surface area contributed by atoms with Gasteiger partial charge >= 0.3 is 5.69 Å². The van der Waals surface area contributed by atoms with Crippen LogP contribution in [0.4, 0.5) is 11.5 Å². The lowest BCUT2D eigenvalue weighted by Crippen LogP contribution is -1.97. The van der Waals surface area contributed by atoms with Crippen LogP contribution >= 0.6 is 12.2 Å². The van der Waals surface area contributed by atoms with Gasteiger partial charge in [-0.15, -0.1) is 0 Å². The number of thiocarbonyl (C=S) groups is 1. The van der Waals surface area contributed by atoms with Gasteiger partial charge in [-0.25, -0.2) is 4.98 Å². The number of aliphatic imine (C=N–C) groups is 1. The Bertz CT molecular complexity index is 416. The van der Waals surface area contributed by atoms with E-state index in [0.29, 0.717) is 0 Å². The number of ether oxygens (including phenoxy) is 1. The lowest BCUT2D eigenvalue weighted by molar-refractivity contribution is -0.385. The molecule has 0 saturated heterocycles. The van der Waals surface area contributed by atoms with Gasteiger partial charge < -0.3 is 4.74 Å². The van der Waals surface area contributed by atoms with Gasteiger partial charge in [-0.05, 0) is 12.2 Å². The summed E-state index contributed by atoms with van der Waals surface area (Å²) in [7, 11) is 1.26. The Morgan fingerprint density at radius 3 is 2.93 bits per heavy atom. The second kappa shape index (κ2) is 4.35. The summed E-state index contributed by atoms with van der Waals surface area (Å²) in [5.41, 5.74) is -0.424. The van der Waals surface area contributed by atoms with E-state index < -0.39 is 10.6 Å². The zero-order chi connectivity index (χ0) is 10.6. The van der Waals surface area contributed by atoms with Crippen molar-refractivity contribution in [3.63, 3.8) is 0 Å². The molecule has 7 nitrogen and oxygen atoms in total. The van der Waals surface area contributed by atoms with Crippen LogP contribution in [0.15, 0.2) is 11.3 Å². The smallest absolute Gasteiger partial charge is 0.375 e. The molecule has 0 spiro atoms. The van der Waals surface area contributed by atoms with Gasteiger partial charge in [0.25, 0.3) is 5.88 Å². The highest BCUT2D eigenvalue weighted by molar-refractivity contribution is 7.78. The minimum atomic E-state index is -0.690. The molecule has 0 N–H and O–H groups in total. The largest absolute Gasteiger partial charge is 0.476 e. The summed E-state index contributed by atoms with van der Waals surface area (Å²) in [6.07, 6.45) is 1.09. The van der Waals surface area contributed by atoms with Crippen molar-refractivity contribution in [2.45, 2.75) is 0 Å². The Hall–Kier alpha value is -1.92. The number of nitro groups is 1. The molecule has 0 aliphatic rings. The summed E-state index contributed by atoms with van der Waals surface area (Å²) in [6, 6.07) is 0. The first-order chi connectivity index (χ1) is 6.70. The average Bonchev–Trinajstić information content (AvgIpc) is 2.17. The van der Waals surface area contributed by atoms with Crippen LogP contribution in [0.5, 0.6) is 5.88 Å². The molecular formula is C6H4N4O3S. The third-order valence-electron chi connectivity index (χ3n) is 1.30. The Kier molecular flexibility index (Phi) is 3.16. The van der Waals surface area contributed by atoms with Crippen molar-refractivity contribution in [1.82, 2.24) is 9.97 Å². The van der Waals surface area contributed by atoms with Gasteiger partial charge in [-0.3, -0.25) is 10.1 Å². The predicted molar refractivity (Wildman–Crippen MR) is 49.9 cm³/mol. The van der Waals surface area contributed by atoms with Gasteiger partial charge in [0.05, 0.1) is 17.2 Å². The van der Waals surface area contributed by atoms with Crippen molar-refractivity contribution >= 4 is 28.9 Å². The van der Waals surface area contributed by atoms with E-state index in [0.717, 1.165) is 6.33 Å². The summed E-state index contributed by atoms with van der Waals surface area (Å²) in [5, 5.41) is 12.6. The van der Waals surface area contributed by atoms with Gasteiger partial charge in [0.1, 0.15) is 6.33 Å². The molecule has 0 aliphatic carbocycles. The maximum atomic E-state index is 10.6. The zero-order valence-corrected chi connectivity index (χ0v) is 7.82. The van der Waals surface area contributed by atoms with Crippen molar-refractivity contribution in [3.05, 3.63) is 16.4 Å². The van der Waals surface area contributed by atoms with E-state index in [1.54, 1.807) is 0 Å². The number of aromatic nitrogens is 2. The van der Waals surface area contributed by atoms with Gasteiger partial charge in [0.15, 0.2) is 0 Å². The minimum Gasteiger partial charge on any atom is -0.476 e. The fourth-order valence-corrected chi connectivity index (χ4v) is 0.875. The fraction of sp³-hybridized carbons (Fsp3) is 0.167. The number of methoxy groups -OCH3 is 1. The van der Waals surface area contributed by atoms with Crippen LogP contribution in [-0.4, -0.2) is 27.2 Å². The molecule has 0 aromatic carbocycles. The number of rotatable bonds is 3. The monoisotopic (exact) mass is 212 g/mol. The molecule has 0 radical (unpaired) electrons. The maximum absolute atomic E-state index is 10.6. The Morgan fingerprint density at radius 2 is 2.43 bits per heavy atom. The summed E-state index contributed by atoms with van der Waals surface area (Å²) in [4.78, 5) is 20.5. The molecular weight excluding hydrogens is 208 g/mol. The molecule has 14 heavy (non-hydrogen) atoms. The van der Waals surface area contributed by atoms with Crippen LogP contribution in [-0.2, 0) is 0 Å². The molecule has 8 heteroatoms. The first-order valence-corrected chi connectivity index (χ1v) is 3.72. The first-order valence-electron chi connectivity index (χ1n) is 3.32. The molecule has 0 atom stereocenters. The molecule has 0 aliphatic heterocycles. The van der Waals surface area contributed by atoms with Crippen LogP contribution in [0.3, 0.4) is 0 Å². The predicted octanol–water partition coefficient (Wildman–Crippen LogP) is 1.13. The van der Waals surface area contributed by atoms with E-state index >= 15 is 0 Å².